The lowest BCUT2D eigenvalue weighted by Gasteiger charge is -2.06. The van der Waals surface area contributed by atoms with Gasteiger partial charge < -0.3 is 0 Å². The smallest absolute Gasteiger partial charge is 0.220 e. The van der Waals surface area contributed by atoms with Crippen molar-refractivity contribution in [1.29, 1.82) is 0 Å². The fourth-order valence-corrected chi connectivity index (χ4v) is 2.39. The van der Waals surface area contributed by atoms with Crippen molar-refractivity contribution in [1.82, 2.24) is 4.98 Å². The maximum absolute atomic E-state index is 4.10. The molecule has 3 aromatic rings. The van der Waals surface area contributed by atoms with Gasteiger partial charge in [0.1, 0.15) is 14.1 Å². The molecule has 98 valence electrons. The van der Waals surface area contributed by atoms with Gasteiger partial charge in [0.2, 0.25) is 5.69 Å². The molecule has 3 nitrogen and oxygen atoms in total. The Hall–Kier alpha value is -2.55. The van der Waals surface area contributed by atoms with Crippen molar-refractivity contribution in [3.63, 3.8) is 0 Å². The molecule has 0 radical (unpaired) electrons. The lowest BCUT2D eigenvalue weighted by atomic mass is 10.0. The van der Waals surface area contributed by atoms with Crippen LogP contribution in [0.3, 0.4) is 0 Å². The average molecular weight is 263 g/mol. The van der Waals surface area contributed by atoms with Crippen molar-refractivity contribution in [3.05, 3.63) is 67.4 Å². The minimum Gasteiger partial charge on any atom is -0.265 e. The van der Waals surface area contributed by atoms with Gasteiger partial charge in [-0.1, -0.05) is 0 Å². The van der Waals surface area contributed by atoms with Crippen LogP contribution in [0.15, 0.2) is 67.4 Å². The number of hydrogen-bond acceptors (Lipinski definition) is 1. The molecule has 0 aliphatic rings. The van der Waals surface area contributed by atoms with E-state index >= 15 is 0 Å². The molecule has 0 aliphatic carbocycles. The van der Waals surface area contributed by atoms with E-state index < -0.39 is 0 Å². The second kappa shape index (κ2) is 5.21. The average Bonchev–Trinajstić information content (AvgIpc) is 2.49. The number of pyridine rings is 3. The summed E-state index contributed by atoms with van der Waals surface area (Å²) in [5, 5.41) is 0. The summed E-state index contributed by atoms with van der Waals surface area (Å²) in [6.07, 6.45) is 9.87. The summed E-state index contributed by atoms with van der Waals surface area (Å²) in [7, 11) is 4.10. The van der Waals surface area contributed by atoms with Crippen molar-refractivity contribution in [3.8, 4) is 22.4 Å². The summed E-state index contributed by atoms with van der Waals surface area (Å²) < 4.78 is 4.19. The molecule has 3 heteroatoms. The van der Waals surface area contributed by atoms with Gasteiger partial charge in [-0.05, 0) is 18.2 Å². The predicted molar refractivity (Wildman–Crippen MR) is 77.5 cm³/mol. The molecule has 0 amide bonds. The Labute approximate surface area is 118 Å². The highest BCUT2D eigenvalue weighted by molar-refractivity contribution is 5.78. The molecule has 0 fully saturated rings. The summed E-state index contributed by atoms with van der Waals surface area (Å²) in [6.45, 7) is 0. The van der Waals surface area contributed by atoms with Crippen LogP contribution in [-0.2, 0) is 14.1 Å². The molecule has 3 aromatic heterocycles. The Morgan fingerprint density at radius 1 is 0.800 bits per heavy atom. The third-order valence-corrected chi connectivity index (χ3v) is 3.42. The Kier molecular flexibility index (Phi) is 3.25. The zero-order valence-corrected chi connectivity index (χ0v) is 11.7. The van der Waals surface area contributed by atoms with E-state index in [1.165, 1.54) is 22.4 Å². The number of aromatic nitrogens is 3. The summed E-state index contributed by atoms with van der Waals surface area (Å²) in [6, 6.07) is 12.6. The van der Waals surface area contributed by atoms with Crippen LogP contribution in [0, 0.1) is 0 Å². The van der Waals surface area contributed by atoms with Crippen LogP contribution in [0.5, 0.6) is 0 Å². The Morgan fingerprint density at radius 3 is 2.20 bits per heavy atom. The molecule has 3 heterocycles. The third-order valence-electron chi connectivity index (χ3n) is 3.42. The normalized spacial score (nSPS) is 10.5. The van der Waals surface area contributed by atoms with Crippen molar-refractivity contribution >= 4 is 0 Å². The summed E-state index contributed by atoms with van der Waals surface area (Å²) in [5.74, 6) is 0. The fourth-order valence-electron chi connectivity index (χ4n) is 2.39. The molecule has 0 aliphatic heterocycles. The molecular formula is C17H17N3+2. The van der Waals surface area contributed by atoms with Crippen LogP contribution in [0.1, 0.15) is 0 Å². The number of rotatable bonds is 2. The first kappa shape index (κ1) is 12.5. The second-order valence-electron chi connectivity index (χ2n) is 4.87. The summed E-state index contributed by atoms with van der Waals surface area (Å²) in [5.41, 5.74) is 4.81. The van der Waals surface area contributed by atoms with Crippen molar-refractivity contribution in [2.24, 2.45) is 14.1 Å². The first-order valence-electron chi connectivity index (χ1n) is 6.60. The number of nitrogens with zero attached hydrogens (tertiary/aromatic N) is 3. The molecular weight excluding hydrogens is 246 g/mol. The SMILES string of the molecule is C[n+]1ccc(-c2ccc[n+](C)c2-c2ccncc2)cc1. The van der Waals surface area contributed by atoms with Gasteiger partial charge in [0.05, 0.1) is 5.56 Å². The monoisotopic (exact) mass is 263 g/mol. The highest BCUT2D eigenvalue weighted by Gasteiger charge is 2.17. The van der Waals surface area contributed by atoms with Gasteiger partial charge in [0, 0.05) is 41.7 Å². The maximum Gasteiger partial charge on any atom is 0.220 e. The molecule has 3 rings (SSSR count). The molecule has 0 saturated heterocycles. The largest absolute Gasteiger partial charge is 0.265 e. The fraction of sp³-hybridized carbons (Fsp3) is 0.118. The first-order valence-corrected chi connectivity index (χ1v) is 6.60. The van der Waals surface area contributed by atoms with Crippen molar-refractivity contribution < 1.29 is 9.13 Å². The van der Waals surface area contributed by atoms with Crippen LogP contribution in [0.4, 0.5) is 0 Å². The molecule has 0 spiro atoms. The van der Waals surface area contributed by atoms with Gasteiger partial charge in [-0.3, -0.25) is 4.98 Å². The molecule has 0 bridgehead atoms. The van der Waals surface area contributed by atoms with Crippen molar-refractivity contribution in [2.75, 3.05) is 0 Å². The van der Waals surface area contributed by atoms with Gasteiger partial charge >= 0.3 is 0 Å². The number of aryl methyl sites for hydroxylation is 2. The zero-order chi connectivity index (χ0) is 13.9. The molecule has 0 N–H and O–H groups in total. The van der Waals surface area contributed by atoms with Crippen molar-refractivity contribution in [2.45, 2.75) is 0 Å². The molecule has 0 atom stereocenters. The van der Waals surface area contributed by atoms with Gasteiger partial charge in [-0.2, -0.15) is 0 Å². The van der Waals surface area contributed by atoms with Crippen LogP contribution < -0.4 is 9.13 Å². The molecule has 0 unspecified atom stereocenters. The minimum atomic E-state index is 1.17. The van der Waals surface area contributed by atoms with Crippen LogP contribution in [0.2, 0.25) is 0 Å². The summed E-state index contributed by atoms with van der Waals surface area (Å²) in [4.78, 5) is 4.10. The number of hydrogen-bond donors (Lipinski definition) is 0. The molecule has 20 heavy (non-hydrogen) atoms. The van der Waals surface area contributed by atoms with E-state index in [4.69, 9.17) is 0 Å². The van der Waals surface area contributed by atoms with Crippen LogP contribution >= 0.6 is 0 Å². The van der Waals surface area contributed by atoms with E-state index in [-0.39, 0.29) is 0 Å². The minimum absolute atomic E-state index is 1.17. The maximum atomic E-state index is 4.10. The van der Waals surface area contributed by atoms with E-state index in [9.17, 15) is 0 Å². The lowest BCUT2D eigenvalue weighted by Crippen LogP contribution is -2.31. The van der Waals surface area contributed by atoms with Crippen LogP contribution in [0.25, 0.3) is 22.4 Å². The van der Waals surface area contributed by atoms with Gasteiger partial charge in [-0.15, -0.1) is 0 Å². The van der Waals surface area contributed by atoms with E-state index in [2.05, 4.69) is 59.5 Å². The van der Waals surface area contributed by atoms with E-state index in [0.717, 1.165) is 0 Å². The van der Waals surface area contributed by atoms with Gasteiger partial charge in [-0.25, -0.2) is 9.13 Å². The molecule has 0 aromatic carbocycles. The van der Waals surface area contributed by atoms with Crippen LogP contribution in [-0.4, -0.2) is 4.98 Å². The molecule has 0 saturated carbocycles. The quantitative estimate of drug-likeness (QED) is 0.648. The zero-order valence-electron chi connectivity index (χ0n) is 11.7. The Balaban J connectivity index is 2.22. The van der Waals surface area contributed by atoms with E-state index in [1.807, 2.05) is 36.1 Å². The lowest BCUT2D eigenvalue weighted by molar-refractivity contribution is -0.671. The third kappa shape index (κ3) is 2.30. The Morgan fingerprint density at radius 2 is 1.50 bits per heavy atom. The van der Waals surface area contributed by atoms with Gasteiger partial charge in [0.25, 0.3) is 0 Å². The second-order valence-corrected chi connectivity index (χ2v) is 4.87. The van der Waals surface area contributed by atoms with Gasteiger partial charge in [0.15, 0.2) is 18.6 Å². The Bertz CT molecular complexity index is 719. The summed E-state index contributed by atoms with van der Waals surface area (Å²) >= 11 is 0. The predicted octanol–water partition coefficient (Wildman–Crippen LogP) is 2.06. The highest BCUT2D eigenvalue weighted by Crippen LogP contribution is 2.27. The van der Waals surface area contributed by atoms with E-state index in [1.54, 1.807) is 0 Å². The standard InChI is InChI=1S/C17H17N3/c1-19-12-7-14(8-13-19)16-4-3-11-20(2)17(16)15-5-9-18-10-6-15/h3-13H,1-2H3/q+2. The highest BCUT2D eigenvalue weighted by atomic mass is 14.9. The van der Waals surface area contributed by atoms with E-state index in [0.29, 0.717) is 0 Å². The topological polar surface area (TPSA) is 20.6 Å². The first-order chi connectivity index (χ1) is 9.75.